The Morgan fingerprint density at radius 3 is 2.50 bits per heavy atom. The largest absolute Gasteiger partial charge is 0.489 e. The predicted octanol–water partition coefficient (Wildman–Crippen LogP) is 5.60. The number of rotatable bonds is 6. The fourth-order valence-corrected chi connectivity index (χ4v) is 4.39. The van der Waals surface area contributed by atoms with E-state index in [0.29, 0.717) is 6.61 Å². The molecule has 4 rings (SSSR count). The molecule has 3 aromatic rings. The zero-order valence-corrected chi connectivity index (χ0v) is 20.3. The van der Waals surface area contributed by atoms with Crippen molar-refractivity contribution in [1.29, 1.82) is 0 Å². The second kappa shape index (κ2) is 10.3. The maximum atomic E-state index is 13.1. The molecule has 0 saturated carbocycles. The van der Waals surface area contributed by atoms with Crippen molar-refractivity contribution in [1.82, 2.24) is 9.80 Å². The lowest BCUT2D eigenvalue weighted by Crippen LogP contribution is -2.48. The number of nitrogens with zero attached hydrogens (tertiary/aromatic N) is 2. The summed E-state index contributed by atoms with van der Waals surface area (Å²) in [6.07, 6.45) is 0. The lowest BCUT2D eigenvalue weighted by molar-refractivity contribution is 0.0628. The van der Waals surface area contributed by atoms with Crippen molar-refractivity contribution in [2.45, 2.75) is 27.0 Å². The first-order valence-electron chi connectivity index (χ1n) is 11.0. The quantitative estimate of drug-likeness (QED) is 0.448. The molecule has 1 fully saturated rings. The lowest BCUT2D eigenvalue weighted by Gasteiger charge is -2.35. The molecule has 0 bridgehead atoms. The smallest absolute Gasteiger partial charge is 0.253 e. The molecule has 0 unspecified atom stereocenters. The van der Waals surface area contributed by atoms with Crippen molar-refractivity contribution in [2.24, 2.45) is 0 Å². The van der Waals surface area contributed by atoms with Gasteiger partial charge < -0.3 is 9.64 Å². The fourth-order valence-electron chi connectivity index (χ4n) is 3.98. The summed E-state index contributed by atoms with van der Waals surface area (Å²) < 4.78 is 7.17. The average Bonchev–Trinajstić information content (AvgIpc) is 2.81. The molecule has 1 aliphatic heterocycles. The van der Waals surface area contributed by atoms with Crippen LogP contribution in [0.2, 0.25) is 0 Å². The van der Waals surface area contributed by atoms with Crippen molar-refractivity contribution >= 4 is 21.8 Å². The van der Waals surface area contributed by atoms with Crippen LogP contribution in [0.5, 0.6) is 5.75 Å². The number of hydrogen-bond acceptors (Lipinski definition) is 3. The highest BCUT2D eigenvalue weighted by Gasteiger charge is 2.22. The van der Waals surface area contributed by atoms with Crippen LogP contribution in [-0.2, 0) is 13.2 Å². The third-order valence-corrected chi connectivity index (χ3v) is 6.70. The van der Waals surface area contributed by atoms with Gasteiger partial charge in [-0.3, -0.25) is 9.69 Å². The Labute approximate surface area is 198 Å². The van der Waals surface area contributed by atoms with E-state index in [1.54, 1.807) is 0 Å². The van der Waals surface area contributed by atoms with Crippen LogP contribution >= 0.6 is 15.9 Å². The first kappa shape index (κ1) is 22.6. The van der Waals surface area contributed by atoms with Gasteiger partial charge in [0.1, 0.15) is 12.4 Å². The Hall–Kier alpha value is -2.63. The highest BCUT2D eigenvalue weighted by molar-refractivity contribution is 9.10. The van der Waals surface area contributed by atoms with Gasteiger partial charge in [-0.2, -0.15) is 0 Å². The number of carbonyl (C=O) groups excluding carboxylic acids is 1. The topological polar surface area (TPSA) is 32.8 Å². The number of carbonyl (C=O) groups is 1. The number of amides is 1. The number of halogens is 1. The maximum Gasteiger partial charge on any atom is 0.253 e. The van der Waals surface area contributed by atoms with Gasteiger partial charge in [0.2, 0.25) is 0 Å². The Morgan fingerprint density at radius 2 is 1.72 bits per heavy atom. The van der Waals surface area contributed by atoms with Gasteiger partial charge in [-0.05, 0) is 60.4 Å². The van der Waals surface area contributed by atoms with Crippen LogP contribution in [0.15, 0.2) is 71.2 Å². The molecule has 0 radical (unpaired) electrons. The van der Waals surface area contributed by atoms with Gasteiger partial charge in [0.05, 0.1) is 0 Å². The van der Waals surface area contributed by atoms with E-state index in [0.717, 1.165) is 59.6 Å². The average molecular weight is 493 g/mol. The molecule has 0 spiro atoms. The van der Waals surface area contributed by atoms with E-state index in [1.807, 2.05) is 42.2 Å². The van der Waals surface area contributed by atoms with Crippen molar-refractivity contribution < 1.29 is 9.53 Å². The highest BCUT2D eigenvalue weighted by Crippen LogP contribution is 2.22. The zero-order chi connectivity index (χ0) is 22.5. The number of hydrogen-bond donors (Lipinski definition) is 0. The maximum absolute atomic E-state index is 13.1. The Kier molecular flexibility index (Phi) is 7.28. The van der Waals surface area contributed by atoms with E-state index in [1.165, 1.54) is 11.1 Å². The Bertz CT molecular complexity index is 1090. The van der Waals surface area contributed by atoms with Crippen molar-refractivity contribution in [3.63, 3.8) is 0 Å². The zero-order valence-electron chi connectivity index (χ0n) is 18.7. The summed E-state index contributed by atoms with van der Waals surface area (Å²) in [4.78, 5) is 17.5. The SMILES string of the molecule is Cc1ccc(C)c(OCc2cccc(C(=O)N3CCN(Cc4ccccc4Br)CC3)c2)c1. The van der Waals surface area contributed by atoms with E-state index in [4.69, 9.17) is 4.74 Å². The highest BCUT2D eigenvalue weighted by atomic mass is 79.9. The lowest BCUT2D eigenvalue weighted by atomic mass is 10.1. The molecule has 0 aromatic heterocycles. The molecule has 3 aromatic carbocycles. The molecule has 5 heteroatoms. The van der Waals surface area contributed by atoms with Gasteiger partial charge in [0.15, 0.2) is 0 Å². The van der Waals surface area contributed by atoms with E-state index in [9.17, 15) is 4.79 Å². The first-order valence-corrected chi connectivity index (χ1v) is 11.8. The van der Waals surface area contributed by atoms with E-state index >= 15 is 0 Å². The standard InChI is InChI=1S/C27H29BrN2O2/c1-20-10-11-21(2)26(16-20)32-19-22-6-5-8-23(17-22)27(31)30-14-12-29(13-15-30)18-24-7-3-4-9-25(24)28/h3-11,16-17H,12-15,18-19H2,1-2H3. The van der Waals surface area contributed by atoms with Gasteiger partial charge in [-0.15, -0.1) is 0 Å². The third kappa shape index (κ3) is 5.59. The summed E-state index contributed by atoms with van der Waals surface area (Å²) in [6.45, 7) is 8.69. The molecular weight excluding hydrogens is 464 g/mol. The first-order chi connectivity index (χ1) is 15.5. The summed E-state index contributed by atoms with van der Waals surface area (Å²) in [5.41, 5.74) is 5.30. The monoisotopic (exact) mass is 492 g/mol. The molecule has 0 N–H and O–H groups in total. The summed E-state index contributed by atoms with van der Waals surface area (Å²) in [7, 11) is 0. The number of aryl methyl sites for hydroxylation is 2. The molecule has 0 aliphatic carbocycles. The molecule has 1 heterocycles. The number of piperazine rings is 1. The van der Waals surface area contributed by atoms with Crippen LogP contribution in [0.3, 0.4) is 0 Å². The minimum atomic E-state index is 0.0964. The molecule has 4 nitrogen and oxygen atoms in total. The second-order valence-electron chi connectivity index (χ2n) is 8.42. The van der Waals surface area contributed by atoms with E-state index < -0.39 is 0 Å². The van der Waals surface area contributed by atoms with Crippen LogP contribution < -0.4 is 4.74 Å². The third-order valence-electron chi connectivity index (χ3n) is 5.92. The van der Waals surface area contributed by atoms with Crippen LogP contribution in [-0.4, -0.2) is 41.9 Å². The number of benzene rings is 3. The summed E-state index contributed by atoms with van der Waals surface area (Å²) in [5, 5.41) is 0. The van der Waals surface area contributed by atoms with Crippen LogP contribution in [0, 0.1) is 13.8 Å². The van der Waals surface area contributed by atoms with Gasteiger partial charge in [0.25, 0.3) is 5.91 Å². The minimum Gasteiger partial charge on any atom is -0.489 e. The Balaban J connectivity index is 1.34. The second-order valence-corrected chi connectivity index (χ2v) is 9.27. The van der Waals surface area contributed by atoms with Crippen LogP contribution in [0.1, 0.15) is 32.6 Å². The summed E-state index contributed by atoms with van der Waals surface area (Å²) in [6, 6.07) is 22.3. The van der Waals surface area contributed by atoms with Crippen LogP contribution in [0.25, 0.3) is 0 Å². The number of ether oxygens (including phenoxy) is 1. The molecule has 1 aliphatic rings. The Morgan fingerprint density at radius 1 is 0.938 bits per heavy atom. The van der Waals surface area contributed by atoms with Gasteiger partial charge in [-0.1, -0.05) is 58.4 Å². The van der Waals surface area contributed by atoms with Crippen molar-refractivity contribution in [3.05, 3.63) is 99.0 Å². The van der Waals surface area contributed by atoms with Gasteiger partial charge >= 0.3 is 0 Å². The normalized spacial score (nSPS) is 14.4. The molecule has 32 heavy (non-hydrogen) atoms. The summed E-state index contributed by atoms with van der Waals surface area (Å²) >= 11 is 3.63. The molecule has 1 amide bonds. The van der Waals surface area contributed by atoms with Crippen molar-refractivity contribution in [2.75, 3.05) is 26.2 Å². The predicted molar refractivity (Wildman–Crippen MR) is 132 cm³/mol. The van der Waals surface area contributed by atoms with E-state index in [2.05, 4.69) is 64.2 Å². The molecular formula is C27H29BrN2O2. The molecule has 166 valence electrons. The molecule has 1 saturated heterocycles. The van der Waals surface area contributed by atoms with Crippen molar-refractivity contribution in [3.8, 4) is 5.75 Å². The van der Waals surface area contributed by atoms with Gasteiger partial charge in [0, 0.05) is 42.8 Å². The fraction of sp³-hybridized carbons (Fsp3) is 0.296. The minimum absolute atomic E-state index is 0.0964. The summed E-state index contributed by atoms with van der Waals surface area (Å²) in [5.74, 6) is 0.988. The van der Waals surface area contributed by atoms with Crippen LogP contribution in [0.4, 0.5) is 0 Å². The molecule has 0 atom stereocenters. The van der Waals surface area contributed by atoms with Gasteiger partial charge in [-0.25, -0.2) is 0 Å². The van der Waals surface area contributed by atoms with E-state index in [-0.39, 0.29) is 5.91 Å².